The van der Waals surface area contributed by atoms with Crippen molar-refractivity contribution in [3.8, 4) is 5.82 Å². The number of aromatic nitrogens is 4. The molecule has 1 saturated heterocycles. The van der Waals surface area contributed by atoms with Gasteiger partial charge < -0.3 is 9.80 Å². The van der Waals surface area contributed by atoms with Crippen molar-refractivity contribution >= 4 is 21.7 Å². The lowest BCUT2D eigenvalue weighted by atomic mass is 10.3. The minimum absolute atomic E-state index is 0.143. The summed E-state index contributed by atoms with van der Waals surface area (Å²) in [7, 11) is -1.96. The molecule has 11 heteroatoms. The molecule has 0 saturated carbocycles. The fraction of sp³-hybridized carbons (Fsp3) is 0.467. The zero-order chi connectivity index (χ0) is 18.7. The van der Waals surface area contributed by atoms with Crippen molar-refractivity contribution in [3.63, 3.8) is 0 Å². The van der Waals surface area contributed by atoms with Crippen LogP contribution < -0.4 is 4.90 Å². The number of carbonyl (C=O) groups excluding carboxylic acids is 1. The Balaban J connectivity index is 1.60. The van der Waals surface area contributed by atoms with Gasteiger partial charge in [-0.1, -0.05) is 0 Å². The van der Waals surface area contributed by atoms with Crippen LogP contribution in [-0.4, -0.2) is 89.3 Å². The maximum Gasteiger partial charge on any atom is 0.238 e. The number of amides is 1. The maximum absolute atomic E-state index is 12.3. The van der Waals surface area contributed by atoms with E-state index in [1.165, 1.54) is 13.4 Å². The van der Waals surface area contributed by atoms with Crippen molar-refractivity contribution in [2.45, 2.75) is 0 Å². The van der Waals surface area contributed by atoms with Crippen LogP contribution in [0.3, 0.4) is 0 Å². The molecule has 1 fully saturated rings. The summed E-state index contributed by atoms with van der Waals surface area (Å²) in [4.78, 5) is 24.5. The molecular weight excluding hydrogens is 358 g/mol. The number of sulfonamides is 1. The Morgan fingerprint density at radius 1 is 1.19 bits per heavy atom. The lowest BCUT2D eigenvalue weighted by Crippen LogP contribution is -2.51. The Labute approximate surface area is 152 Å². The number of nitrogens with zero attached hydrogens (tertiary/aromatic N) is 7. The fourth-order valence-corrected chi connectivity index (χ4v) is 2.98. The first kappa shape index (κ1) is 18.3. The highest BCUT2D eigenvalue weighted by Crippen LogP contribution is 2.16. The van der Waals surface area contributed by atoms with E-state index in [0.29, 0.717) is 32.0 Å². The van der Waals surface area contributed by atoms with E-state index < -0.39 is 10.0 Å². The van der Waals surface area contributed by atoms with E-state index in [1.54, 1.807) is 22.0 Å². The topological polar surface area (TPSA) is 105 Å². The van der Waals surface area contributed by atoms with Crippen LogP contribution in [0.15, 0.2) is 30.9 Å². The van der Waals surface area contributed by atoms with Gasteiger partial charge in [-0.15, -0.1) is 0 Å². The van der Waals surface area contributed by atoms with Crippen LogP contribution in [0.1, 0.15) is 0 Å². The van der Waals surface area contributed by atoms with E-state index in [1.807, 2.05) is 12.1 Å². The first-order valence-electron chi connectivity index (χ1n) is 8.11. The summed E-state index contributed by atoms with van der Waals surface area (Å²) in [6.45, 7) is 2.11. The summed E-state index contributed by atoms with van der Waals surface area (Å²) in [5.74, 6) is 1.25. The van der Waals surface area contributed by atoms with Crippen molar-refractivity contribution in [2.75, 3.05) is 50.9 Å². The Hall–Kier alpha value is -2.53. The monoisotopic (exact) mass is 379 g/mol. The van der Waals surface area contributed by atoms with Gasteiger partial charge in [0.05, 0.1) is 12.8 Å². The number of anilines is 1. The predicted molar refractivity (Wildman–Crippen MR) is 95.4 cm³/mol. The first-order chi connectivity index (χ1) is 12.3. The van der Waals surface area contributed by atoms with Gasteiger partial charge in [-0.2, -0.15) is 9.40 Å². The second-order valence-electron chi connectivity index (χ2n) is 6.07. The average Bonchev–Trinajstić information content (AvgIpc) is 3.16. The second-order valence-corrected chi connectivity index (χ2v) is 8.16. The first-order valence-corrected chi connectivity index (χ1v) is 9.95. The van der Waals surface area contributed by atoms with Gasteiger partial charge in [0.1, 0.15) is 12.1 Å². The number of likely N-dealkylation sites (N-methyl/N-ethyl adjacent to an activating group) is 1. The summed E-state index contributed by atoms with van der Waals surface area (Å²) in [5, 5.41) is 4.16. The molecule has 1 amide bonds. The predicted octanol–water partition coefficient (Wildman–Crippen LogP) is -0.798. The maximum atomic E-state index is 12.3. The average molecular weight is 379 g/mol. The minimum Gasteiger partial charge on any atom is -0.353 e. The van der Waals surface area contributed by atoms with Crippen LogP contribution in [-0.2, 0) is 14.8 Å². The summed E-state index contributed by atoms with van der Waals surface area (Å²) < 4.78 is 25.6. The van der Waals surface area contributed by atoms with Crippen molar-refractivity contribution < 1.29 is 13.2 Å². The molecule has 3 rings (SSSR count). The summed E-state index contributed by atoms with van der Waals surface area (Å²) >= 11 is 0. The van der Waals surface area contributed by atoms with Gasteiger partial charge in [0, 0.05) is 51.7 Å². The molecule has 0 bridgehead atoms. The Bertz CT molecular complexity index is 861. The summed E-state index contributed by atoms with van der Waals surface area (Å²) in [5.41, 5.74) is 0. The Kier molecular flexibility index (Phi) is 5.18. The van der Waals surface area contributed by atoms with Crippen molar-refractivity contribution in [1.29, 1.82) is 0 Å². The number of carbonyl (C=O) groups is 1. The molecule has 1 aliphatic heterocycles. The zero-order valence-corrected chi connectivity index (χ0v) is 15.5. The van der Waals surface area contributed by atoms with E-state index in [9.17, 15) is 13.2 Å². The molecule has 0 atom stereocenters. The highest BCUT2D eigenvalue weighted by atomic mass is 32.2. The largest absolute Gasteiger partial charge is 0.353 e. The van der Waals surface area contributed by atoms with Crippen LogP contribution >= 0.6 is 0 Å². The van der Waals surface area contributed by atoms with Crippen LogP contribution in [0, 0.1) is 0 Å². The number of rotatable bonds is 5. The Morgan fingerprint density at radius 2 is 1.88 bits per heavy atom. The Morgan fingerprint density at radius 3 is 2.50 bits per heavy atom. The quantitative estimate of drug-likeness (QED) is 0.670. The van der Waals surface area contributed by atoms with Gasteiger partial charge in [0.25, 0.3) is 0 Å². The minimum atomic E-state index is -3.37. The molecule has 0 N–H and O–H groups in total. The van der Waals surface area contributed by atoms with Gasteiger partial charge in [-0.25, -0.2) is 23.1 Å². The highest BCUT2D eigenvalue weighted by molar-refractivity contribution is 7.88. The van der Waals surface area contributed by atoms with Crippen molar-refractivity contribution in [3.05, 3.63) is 30.9 Å². The standard InChI is InChI=1S/C15H21N7O3S/c1-19(26(2,24)25)11-15(23)21-8-6-20(7-9-21)13-10-14(17-12-16-13)22-5-3-4-18-22/h3-5,10,12H,6-9,11H2,1-2H3. The SMILES string of the molecule is CN(CC(=O)N1CCN(c2cc(-n3cccn3)ncn2)CC1)S(C)(=O)=O. The smallest absolute Gasteiger partial charge is 0.238 e. The van der Waals surface area contributed by atoms with E-state index in [0.717, 1.165) is 16.4 Å². The molecule has 26 heavy (non-hydrogen) atoms. The molecule has 2 aromatic heterocycles. The molecule has 0 aromatic carbocycles. The molecule has 10 nitrogen and oxygen atoms in total. The number of piperazine rings is 1. The van der Waals surface area contributed by atoms with E-state index >= 15 is 0 Å². The van der Waals surface area contributed by atoms with Crippen LogP contribution in [0.5, 0.6) is 0 Å². The van der Waals surface area contributed by atoms with Gasteiger partial charge >= 0.3 is 0 Å². The third-order valence-corrected chi connectivity index (χ3v) is 5.52. The molecule has 2 aromatic rings. The van der Waals surface area contributed by atoms with Crippen LogP contribution in [0.25, 0.3) is 5.82 Å². The normalized spacial score (nSPS) is 15.5. The van der Waals surface area contributed by atoms with Gasteiger partial charge in [-0.3, -0.25) is 4.79 Å². The third kappa shape index (κ3) is 4.17. The zero-order valence-electron chi connectivity index (χ0n) is 14.7. The second kappa shape index (κ2) is 7.38. The van der Waals surface area contributed by atoms with Crippen LogP contribution in [0.2, 0.25) is 0 Å². The molecule has 1 aliphatic rings. The van der Waals surface area contributed by atoms with Crippen molar-refractivity contribution in [2.24, 2.45) is 0 Å². The number of hydrogen-bond donors (Lipinski definition) is 0. The molecule has 0 aliphatic carbocycles. The van der Waals surface area contributed by atoms with Gasteiger partial charge in [0.15, 0.2) is 5.82 Å². The van der Waals surface area contributed by atoms with Gasteiger partial charge in [0.2, 0.25) is 15.9 Å². The van der Waals surface area contributed by atoms with E-state index in [2.05, 4.69) is 20.0 Å². The lowest BCUT2D eigenvalue weighted by Gasteiger charge is -2.36. The van der Waals surface area contributed by atoms with Crippen LogP contribution in [0.4, 0.5) is 5.82 Å². The molecular formula is C15H21N7O3S. The lowest BCUT2D eigenvalue weighted by molar-refractivity contribution is -0.131. The molecule has 3 heterocycles. The number of hydrogen-bond acceptors (Lipinski definition) is 7. The highest BCUT2D eigenvalue weighted by Gasteiger charge is 2.24. The molecule has 0 spiro atoms. The van der Waals surface area contributed by atoms with Gasteiger partial charge in [-0.05, 0) is 6.07 Å². The molecule has 0 radical (unpaired) electrons. The van der Waals surface area contributed by atoms with E-state index in [4.69, 9.17) is 0 Å². The molecule has 0 unspecified atom stereocenters. The third-order valence-electron chi connectivity index (χ3n) is 4.26. The molecule has 140 valence electrons. The van der Waals surface area contributed by atoms with E-state index in [-0.39, 0.29) is 12.5 Å². The summed E-state index contributed by atoms with van der Waals surface area (Å²) in [6, 6.07) is 3.67. The van der Waals surface area contributed by atoms with Crippen molar-refractivity contribution in [1.82, 2.24) is 29.0 Å². The fourth-order valence-electron chi connectivity index (χ4n) is 2.63. The summed E-state index contributed by atoms with van der Waals surface area (Å²) in [6.07, 6.45) is 6.07.